The second-order valence-corrected chi connectivity index (χ2v) is 8.14. The fourth-order valence-corrected chi connectivity index (χ4v) is 4.02. The molecule has 4 rings (SSSR count). The Kier molecular flexibility index (Phi) is 7.31. The van der Waals surface area contributed by atoms with Crippen LogP contribution in [0.15, 0.2) is 91.0 Å². The second-order valence-electron chi connectivity index (χ2n) is 8.14. The van der Waals surface area contributed by atoms with E-state index in [0.29, 0.717) is 19.8 Å². The Morgan fingerprint density at radius 2 is 0.879 bits per heavy atom. The molecular weight excluding hydrogens is 408 g/mol. The predicted octanol–water partition coefficient (Wildman–Crippen LogP) is 7.35. The van der Waals surface area contributed by atoms with Crippen molar-refractivity contribution >= 4 is 0 Å². The predicted molar refractivity (Wildman–Crippen MR) is 133 cm³/mol. The molecule has 0 aliphatic heterocycles. The number of ether oxygens (including phenoxy) is 3. The van der Waals surface area contributed by atoms with Crippen LogP contribution in [0, 0.1) is 20.8 Å². The Labute approximate surface area is 196 Å². The van der Waals surface area contributed by atoms with Crippen LogP contribution in [-0.2, 0) is 19.8 Å². The van der Waals surface area contributed by atoms with E-state index in [1.54, 1.807) is 0 Å². The normalized spacial score (nSPS) is 10.6. The first-order valence-electron chi connectivity index (χ1n) is 11.3. The minimum Gasteiger partial charge on any atom is -0.489 e. The highest BCUT2D eigenvalue weighted by Crippen LogP contribution is 2.35. The van der Waals surface area contributed by atoms with Crippen LogP contribution < -0.4 is 14.2 Å². The molecule has 0 bridgehead atoms. The summed E-state index contributed by atoms with van der Waals surface area (Å²) in [5.74, 6) is 2.61. The van der Waals surface area contributed by atoms with Crippen LogP contribution in [0.2, 0.25) is 0 Å². The standard InChI is InChI=1S/C30H30O3/c1-22-28(20-31-26-15-9-5-10-16-26)23(2)30(33-19-25-13-7-4-8-14-25)24(3)29(22)21-32-27-17-11-6-12-18-27/h4-18H,19-21H2,1-3H3. The Bertz CT molecular complexity index is 997. The number of rotatable bonds is 9. The summed E-state index contributed by atoms with van der Waals surface area (Å²) >= 11 is 0. The summed E-state index contributed by atoms with van der Waals surface area (Å²) in [6, 6.07) is 30.1. The molecule has 3 nitrogen and oxygen atoms in total. The van der Waals surface area contributed by atoms with Gasteiger partial charge in [-0.05, 0) is 78.4 Å². The summed E-state index contributed by atoms with van der Waals surface area (Å²) < 4.78 is 18.6. The van der Waals surface area contributed by atoms with Gasteiger partial charge in [0.15, 0.2) is 0 Å². The van der Waals surface area contributed by atoms with Crippen LogP contribution >= 0.6 is 0 Å². The molecule has 0 spiro atoms. The molecule has 0 atom stereocenters. The van der Waals surface area contributed by atoms with E-state index in [1.807, 2.05) is 78.9 Å². The smallest absolute Gasteiger partial charge is 0.126 e. The van der Waals surface area contributed by atoms with Gasteiger partial charge in [0.2, 0.25) is 0 Å². The van der Waals surface area contributed by atoms with Crippen LogP contribution in [-0.4, -0.2) is 0 Å². The molecule has 0 N–H and O–H groups in total. The maximum atomic E-state index is 6.38. The quantitative estimate of drug-likeness (QED) is 0.273. The monoisotopic (exact) mass is 438 g/mol. The van der Waals surface area contributed by atoms with Crippen LogP contribution in [0.25, 0.3) is 0 Å². The zero-order chi connectivity index (χ0) is 23.0. The van der Waals surface area contributed by atoms with Gasteiger partial charge in [0.25, 0.3) is 0 Å². The van der Waals surface area contributed by atoms with E-state index < -0.39 is 0 Å². The molecule has 0 amide bonds. The van der Waals surface area contributed by atoms with Crippen molar-refractivity contribution in [2.45, 2.75) is 40.6 Å². The van der Waals surface area contributed by atoms with Crippen molar-refractivity contribution < 1.29 is 14.2 Å². The summed E-state index contributed by atoms with van der Waals surface area (Å²) in [5.41, 5.74) is 6.82. The van der Waals surface area contributed by atoms with Crippen LogP contribution in [0.5, 0.6) is 17.2 Å². The third-order valence-electron chi connectivity index (χ3n) is 5.97. The maximum absolute atomic E-state index is 6.38. The van der Waals surface area contributed by atoms with Gasteiger partial charge in [-0.2, -0.15) is 0 Å². The first-order valence-corrected chi connectivity index (χ1v) is 11.3. The fraction of sp³-hybridized carbons (Fsp3) is 0.200. The molecule has 33 heavy (non-hydrogen) atoms. The van der Waals surface area contributed by atoms with E-state index in [2.05, 4.69) is 32.9 Å². The lowest BCUT2D eigenvalue weighted by atomic mass is 9.92. The summed E-state index contributed by atoms with van der Waals surface area (Å²) in [4.78, 5) is 0. The summed E-state index contributed by atoms with van der Waals surface area (Å²) in [5, 5.41) is 0. The van der Waals surface area contributed by atoms with Gasteiger partial charge in [-0.1, -0.05) is 66.7 Å². The lowest BCUT2D eigenvalue weighted by Crippen LogP contribution is -2.11. The molecule has 0 aliphatic carbocycles. The van der Waals surface area contributed by atoms with Crippen LogP contribution in [0.3, 0.4) is 0 Å². The Morgan fingerprint density at radius 1 is 0.455 bits per heavy atom. The molecule has 4 aromatic rings. The lowest BCUT2D eigenvalue weighted by molar-refractivity contribution is 0.282. The lowest BCUT2D eigenvalue weighted by Gasteiger charge is -2.23. The van der Waals surface area contributed by atoms with E-state index in [-0.39, 0.29) is 0 Å². The summed E-state index contributed by atoms with van der Waals surface area (Å²) in [6.45, 7) is 7.85. The minimum atomic E-state index is 0.474. The third-order valence-corrected chi connectivity index (χ3v) is 5.97. The largest absolute Gasteiger partial charge is 0.489 e. The third kappa shape index (κ3) is 5.56. The van der Waals surface area contributed by atoms with Crippen LogP contribution in [0.1, 0.15) is 33.4 Å². The van der Waals surface area contributed by atoms with Crippen LogP contribution in [0.4, 0.5) is 0 Å². The van der Waals surface area contributed by atoms with Gasteiger partial charge < -0.3 is 14.2 Å². The SMILES string of the molecule is Cc1c(COc2ccccc2)c(C)c(OCc2ccccc2)c(C)c1COc1ccccc1. The van der Waals surface area contributed by atoms with Crippen molar-refractivity contribution in [1.82, 2.24) is 0 Å². The van der Waals surface area contributed by atoms with E-state index in [1.165, 1.54) is 5.56 Å². The minimum absolute atomic E-state index is 0.474. The molecule has 0 fully saturated rings. The van der Waals surface area contributed by atoms with Crippen molar-refractivity contribution in [3.05, 3.63) is 124 Å². The second kappa shape index (κ2) is 10.7. The molecular formula is C30H30O3. The number of para-hydroxylation sites is 2. The molecule has 0 heterocycles. The molecule has 4 aromatic carbocycles. The van der Waals surface area contributed by atoms with E-state index in [4.69, 9.17) is 14.2 Å². The Balaban J connectivity index is 1.65. The van der Waals surface area contributed by atoms with Gasteiger partial charge in [-0.25, -0.2) is 0 Å². The first-order chi connectivity index (χ1) is 16.1. The van der Waals surface area contributed by atoms with Gasteiger partial charge in [0.1, 0.15) is 37.1 Å². The molecule has 3 heteroatoms. The highest BCUT2D eigenvalue weighted by molar-refractivity contribution is 5.54. The van der Waals surface area contributed by atoms with Gasteiger partial charge >= 0.3 is 0 Å². The summed E-state index contributed by atoms with van der Waals surface area (Å²) in [7, 11) is 0. The molecule has 168 valence electrons. The molecule has 0 saturated carbocycles. The Morgan fingerprint density at radius 3 is 1.33 bits per heavy atom. The van der Waals surface area contributed by atoms with Gasteiger partial charge in [0.05, 0.1) is 0 Å². The first kappa shape index (κ1) is 22.5. The molecule has 0 aliphatic rings. The van der Waals surface area contributed by atoms with Crippen molar-refractivity contribution in [3.63, 3.8) is 0 Å². The molecule has 0 saturated heterocycles. The Hall–Kier alpha value is -3.72. The number of hydrogen-bond acceptors (Lipinski definition) is 3. The van der Waals surface area contributed by atoms with Crippen molar-refractivity contribution in [2.75, 3.05) is 0 Å². The van der Waals surface area contributed by atoms with E-state index in [0.717, 1.165) is 45.1 Å². The van der Waals surface area contributed by atoms with E-state index >= 15 is 0 Å². The van der Waals surface area contributed by atoms with Crippen molar-refractivity contribution in [1.29, 1.82) is 0 Å². The molecule has 0 aromatic heterocycles. The topological polar surface area (TPSA) is 27.7 Å². The highest BCUT2D eigenvalue weighted by Gasteiger charge is 2.19. The van der Waals surface area contributed by atoms with E-state index in [9.17, 15) is 0 Å². The number of benzene rings is 4. The summed E-state index contributed by atoms with van der Waals surface area (Å²) in [6.07, 6.45) is 0. The zero-order valence-electron chi connectivity index (χ0n) is 19.5. The van der Waals surface area contributed by atoms with Gasteiger partial charge in [-0.3, -0.25) is 0 Å². The molecule has 0 radical (unpaired) electrons. The number of hydrogen-bond donors (Lipinski definition) is 0. The van der Waals surface area contributed by atoms with Gasteiger partial charge in [0, 0.05) is 0 Å². The maximum Gasteiger partial charge on any atom is 0.126 e. The van der Waals surface area contributed by atoms with Crippen molar-refractivity contribution in [2.24, 2.45) is 0 Å². The zero-order valence-corrected chi connectivity index (χ0v) is 19.5. The highest BCUT2D eigenvalue weighted by atomic mass is 16.5. The average Bonchev–Trinajstić information content (AvgIpc) is 2.86. The van der Waals surface area contributed by atoms with Crippen molar-refractivity contribution in [3.8, 4) is 17.2 Å². The van der Waals surface area contributed by atoms with Gasteiger partial charge in [-0.15, -0.1) is 0 Å². The molecule has 0 unspecified atom stereocenters. The fourth-order valence-electron chi connectivity index (χ4n) is 4.02. The average molecular weight is 439 g/mol.